The molecule has 0 aromatic carbocycles. The van der Waals surface area contributed by atoms with Crippen LogP contribution in [0.1, 0.15) is 57.3 Å². The van der Waals surface area contributed by atoms with Crippen molar-refractivity contribution in [2.75, 3.05) is 13.1 Å². The van der Waals surface area contributed by atoms with Crippen LogP contribution in [0.25, 0.3) is 0 Å². The number of nitrogens with one attached hydrogen (secondary N) is 1. The lowest BCUT2D eigenvalue weighted by Gasteiger charge is -2.26. The van der Waals surface area contributed by atoms with Crippen molar-refractivity contribution in [3.05, 3.63) is 45.0 Å². The van der Waals surface area contributed by atoms with Crippen LogP contribution in [0.5, 0.6) is 0 Å². The Bertz CT molecular complexity index is 832. The topological polar surface area (TPSA) is 62.6 Å². The van der Waals surface area contributed by atoms with Gasteiger partial charge in [0.25, 0.3) is 5.91 Å². The number of carbonyl (C=O) groups is 2. The SMILES string of the molecule is Cc1ccc(CNC(=O)C2CCc3sc(C(=O)N4CCCCC4)cc3C2)o1. The van der Waals surface area contributed by atoms with Gasteiger partial charge in [-0.25, -0.2) is 0 Å². The van der Waals surface area contributed by atoms with E-state index in [9.17, 15) is 9.59 Å². The van der Waals surface area contributed by atoms with E-state index in [2.05, 4.69) is 5.32 Å². The molecule has 1 atom stereocenters. The highest BCUT2D eigenvalue weighted by atomic mass is 32.1. The zero-order valence-electron chi connectivity index (χ0n) is 15.8. The quantitative estimate of drug-likeness (QED) is 0.872. The predicted octanol–water partition coefficient (Wildman–Crippen LogP) is 3.70. The molecule has 0 radical (unpaired) electrons. The lowest BCUT2D eigenvalue weighted by Crippen LogP contribution is -2.35. The van der Waals surface area contributed by atoms with Crippen LogP contribution in [0.4, 0.5) is 0 Å². The van der Waals surface area contributed by atoms with Gasteiger partial charge in [-0.15, -0.1) is 11.3 Å². The molecule has 2 amide bonds. The summed E-state index contributed by atoms with van der Waals surface area (Å²) in [7, 11) is 0. The molecule has 4 rings (SSSR count). The highest BCUT2D eigenvalue weighted by molar-refractivity contribution is 7.14. The van der Waals surface area contributed by atoms with E-state index in [0.29, 0.717) is 6.54 Å². The Morgan fingerprint density at radius 3 is 2.81 bits per heavy atom. The van der Waals surface area contributed by atoms with Crippen LogP contribution < -0.4 is 5.32 Å². The summed E-state index contributed by atoms with van der Waals surface area (Å²) in [5.74, 6) is 1.85. The Balaban J connectivity index is 1.37. The molecule has 0 spiro atoms. The maximum absolute atomic E-state index is 12.7. The molecule has 1 unspecified atom stereocenters. The number of hydrogen-bond acceptors (Lipinski definition) is 4. The number of rotatable bonds is 4. The molecule has 2 aliphatic rings. The van der Waals surface area contributed by atoms with Crippen molar-refractivity contribution in [1.82, 2.24) is 10.2 Å². The van der Waals surface area contributed by atoms with E-state index in [-0.39, 0.29) is 17.7 Å². The molecule has 0 bridgehead atoms. The summed E-state index contributed by atoms with van der Waals surface area (Å²) in [6, 6.07) is 5.83. The first-order chi connectivity index (χ1) is 13.1. The Morgan fingerprint density at radius 1 is 1.26 bits per heavy atom. The molecule has 1 saturated heterocycles. The minimum atomic E-state index is -0.0268. The minimum Gasteiger partial charge on any atom is -0.465 e. The molecular formula is C21H26N2O3S. The van der Waals surface area contributed by atoms with Crippen LogP contribution in [-0.2, 0) is 24.2 Å². The highest BCUT2D eigenvalue weighted by Gasteiger charge is 2.28. The van der Waals surface area contributed by atoms with Gasteiger partial charge in [-0.1, -0.05) is 0 Å². The average Bonchev–Trinajstić information content (AvgIpc) is 3.31. The lowest BCUT2D eigenvalue weighted by molar-refractivity contribution is -0.125. The van der Waals surface area contributed by atoms with Crippen molar-refractivity contribution in [2.45, 2.75) is 52.0 Å². The number of thiophene rings is 1. The van der Waals surface area contributed by atoms with E-state index in [1.54, 1.807) is 11.3 Å². The third-order valence-electron chi connectivity index (χ3n) is 5.54. The molecule has 0 saturated carbocycles. The van der Waals surface area contributed by atoms with Crippen molar-refractivity contribution in [3.63, 3.8) is 0 Å². The number of hydrogen-bond donors (Lipinski definition) is 1. The van der Waals surface area contributed by atoms with Gasteiger partial charge in [0, 0.05) is 23.9 Å². The Hall–Kier alpha value is -2.08. The molecule has 3 heterocycles. The summed E-state index contributed by atoms with van der Waals surface area (Å²) in [6.45, 7) is 4.07. The Labute approximate surface area is 163 Å². The fourth-order valence-corrected chi connectivity index (χ4v) is 5.18. The third-order valence-corrected chi connectivity index (χ3v) is 6.77. The highest BCUT2D eigenvalue weighted by Crippen LogP contribution is 2.33. The van der Waals surface area contributed by atoms with Gasteiger partial charge in [0.1, 0.15) is 11.5 Å². The molecule has 1 aliphatic carbocycles. The monoisotopic (exact) mass is 386 g/mol. The lowest BCUT2D eigenvalue weighted by atomic mass is 9.87. The Morgan fingerprint density at radius 2 is 2.07 bits per heavy atom. The molecule has 144 valence electrons. The number of likely N-dealkylation sites (tertiary alicyclic amines) is 1. The van der Waals surface area contributed by atoms with Crippen molar-refractivity contribution < 1.29 is 14.0 Å². The van der Waals surface area contributed by atoms with E-state index < -0.39 is 0 Å². The molecule has 1 aliphatic heterocycles. The van der Waals surface area contributed by atoms with E-state index in [4.69, 9.17) is 4.42 Å². The minimum absolute atomic E-state index is 0.0268. The van der Waals surface area contributed by atoms with Crippen LogP contribution in [0, 0.1) is 12.8 Å². The van der Waals surface area contributed by atoms with Crippen molar-refractivity contribution in [1.29, 1.82) is 0 Å². The number of carbonyl (C=O) groups excluding carboxylic acids is 2. The number of furan rings is 1. The zero-order chi connectivity index (χ0) is 18.8. The molecule has 2 aromatic rings. The number of piperidine rings is 1. The first-order valence-electron chi connectivity index (χ1n) is 9.84. The standard InChI is InChI=1S/C21H26N2O3S/c1-14-5-7-17(26-14)13-22-20(24)15-6-8-18-16(11-15)12-19(27-18)21(25)23-9-3-2-4-10-23/h5,7,12,15H,2-4,6,8-11,13H2,1H3,(H,22,24). The van der Waals surface area contributed by atoms with Crippen LogP contribution in [0.3, 0.4) is 0 Å². The number of aryl methyl sites for hydroxylation is 2. The third kappa shape index (κ3) is 4.10. The van der Waals surface area contributed by atoms with Gasteiger partial charge in [-0.05, 0) is 69.2 Å². The number of amides is 2. The fraction of sp³-hybridized carbons (Fsp3) is 0.524. The number of nitrogens with zero attached hydrogens (tertiary/aromatic N) is 1. The van der Waals surface area contributed by atoms with Crippen molar-refractivity contribution in [3.8, 4) is 0 Å². The maximum Gasteiger partial charge on any atom is 0.263 e. The summed E-state index contributed by atoms with van der Waals surface area (Å²) < 4.78 is 5.51. The largest absolute Gasteiger partial charge is 0.465 e. The summed E-state index contributed by atoms with van der Waals surface area (Å²) in [5.41, 5.74) is 1.18. The predicted molar refractivity (Wildman–Crippen MR) is 105 cm³/mol. The van der Waals surface area contributed by atoms with Gasteiger partial charge in [0.15, 0.2) is 0 Å². The van der Waals surface area contributed by atoms with Crippen molar-refractivity contribution >= 4 is 23.2 Å². The first-order valence-corrected chi connectivity index (χ1v) is 10.7. The van der Waals surface area contributed by atoms with Gasteiger partial charge in [0.2, 0.25) is 5.91 Å². The smallest absolute Gasteiger partial charge is 0.263 e. The zero-order valence-corrected chi connectivity index (χ0v) is 16.6. The van der Waals surface area contributed by atoms with Crippen LogP contribution in [0.15, 0.2) is 22.6 Å². The van der Waals surface area contributed by atoms with E-state index >= 15 is 0 Å². The van der Waals surface area contributed by atoms with E-state index in [0.717, 1.165) is 61.6 Å². The molecule has 1 N–H and O–H groups in total. The van der Waals surface area contributed by atoms with Gasteiger partial charge in [-0.2, -0.15) is 0 Å². The second-order valence-electron chi connectivity index (χ2n) is 7.58. The number of fused-ring (bicyclic) bond motifs is 1. The van der Waals surface area contributed by atoms with Gasteiger partial charge in [0.05, 0.1) is 11.4 Å². The fourth-order valence-electron chi connectivity index (χ4n) is 4.00. The summed E-state index contributed by atoms with van der Waals surface area (Å²) in [5, 5.41) is 2.99. The molecule has 5 nitrogen and oxygen atoms in total. The second kappa shape index (κ2) is 7.89. The molecule has 27 heavy (non-hydrogen) atoms. The van der Waals surface area contributed by atoms with E-state index in [1.807, 2.05) is 30.0 Å². The van der Waals surface area contributed by atoms with E-state index in [1.165, 1.54) is 16.9 Å². The first kappa shape index (κ1) is 18.3. The summed E-state index contributed by atoms with van der Waals surface area (Å²) >= 11 is 1.63. The van der Waals surface area contributed by atoms with Crippen LogP contribution in [0.2, 0.25) is 0 Å². The van der Waals surface area contributed by atoms with Crippen LogP contribution >= 0.6 is 11.3 Å². The molecule has 1 fully saturated rings. The second-order valence-corrected chi connectivity index (χ2v) is 8.72. The van der Waals surface area contributed by atoms with Gasteiger partial charge in [-0.3, -0.25) is 9.59 Å². The summed E-state index contributed by atoms with van der Waals surface area (Å²) in [4.78, 5) is 29.4. The maximum atomic E-state index is 12.7. The molecule has 6 heteroatoms. The molecule has 2 aromatic heterocycles. The summed E-state index contributed by atoms with van der Waals surface area (Å²) in [6.07, 6.45) is 5.88. The normalized spacial score (nSPS) is 19.6. The average molecular weight is 387 g/mol. The molecular weight excluding hydrogens is 360 g/mol. The Kier molecular flexibility index (Phi) is 5.34. The van der Waals surface area contributed by atoms with Crippen LogP contribution in [-0.4, -0.2) is 29.8 Å². The van der Waals surface area contributed by atoms with Gasteiger partial charge >= 0.3 is 0 Å². The van der Waals surface area contributed by atoms with Crippen molar-refractivity contribution in [2.24, 2.45) is 5.92 Å². The van der Waals surface area contributed by atoms with Gasteiger partial charge < -0.3 is 14.6 Å².